The molecule has 1 heterocycles. The predicted molar refractivity (Wildman–Crippen MR) is 63.3 cm³/mol. The summed E-state index contributed by atoms with van der Waals surface area (Å²) in [5, 5.41) is 1.60. The van der Waals surface area contributed by atoms with Gasteiger partial charge in [0.05, 0.1) is 10.5 Å². The molecule has 0 aliphatic heterocycles. The van der Waals surface area contributed by atoms with E-state index < -0.39 is 0 Å². The van der Waals surface area contributed by atoms with Crippen LogP contribution in [0.1, 0.15) is 6.92 Å². The molecule has 0 unspecified atom stereocenters. The molecule has 0 spiro atoms. The van der Waals surface area contributed by atoms with E-state index in [9.17, 15) is 4.79 Å². The molecule has 0 fully saturated rings. The quantitative estimate of drug-likeness (QED) is 0.711. The SMILES string of the molecule is CC(=O)Sc1ccc2nccc(Cl)c2c1. The van der Waals surface area contributed by atoms with E-state index in [1.165, 1.54) is 11.8 Å². The normalized spacial score (nSPS) is 10.5. The van der Waals surface area contributed by atoms with Crippen molar-refractivity contribution in [1.29, 1.82) is 0 Å². The summed E-state index contributed by atoms with van der Waals surface area (Å²) >= 11 is 7.23. The Labute approximate surface area is 96.7 Å². The van der Waals surface area contributed by atoms with Crippen LogP contribution in [-0.2, 0) is 4.79 Å². The van der Waals surface area contributed by atoms with Gasteiger partial charge in [-0.25, -0.2) is 0 Å². The topological polar surface area (TPSA) is 30.0 Å². The van der Waals surface area contributed by atoms with Crippen molar-refractivity contribution in [1.82, 2.24) is 4.98 Å². The molecule has 0 saturated carbocycles. The highest BCUT2D eigenvalue weighted by Gasteiger charge is 2.03. The fourth-order valence-electron chi connectivity index (χ4n) is 1.32. The second-order valence-corrected chi connectivity index (χ2v) is 4.72. The standard InChI is InChI=1S/C11H8ClNOS/c1-7(14)15-8-2-3-11-9(6-8)10(12)4-5-13-11/h2-6H,1H3. The Hall–Kier alpha value is -1.06. The molecule has 0 aliphatic carbocycles. The van der Waals surface area contributed by atoms with E-state index in [1.807, 2.05) is 18.2 Å². The van der Waals surface area contributed by atoms with Crippen LogP contribution in [0.2, 0.25) is 5.02 Å². The van der Waals surface area contributed by atoms with Gasteiger partial charge in [-0.1, -0.05) is 23.4 Å². The van der Waals surface area contributed by atoms with Crippen molar-refractivity contribution in [3.8, 4) is 0 Å². The van der Waals surface area contributed by atoms with Crippen LogP contribution in [0.15, 0.2) is 35.4 Å². The van der Waals surface area contributed by atoms with Gasteiger partial charge in [-0.05, 0) is 24.3 Å². The monoisotopic (exact) mass is 237 g/mol. The summed E-state index contributed by atoms with van der Waals surface area (Å²) in [6.45, 7) is 1.54. The molecular formula is C11H8ClNOS. The van der Waals surface area contributed by atoms with Gasteiger partial charge in [0.25, 0.3) is 0 Å². The molecule has 1 aromatic carbocycles. The maximum Gasteiger partial charge on any atom is 0.190 e. The van der Waals surface area contributed by atoms with Gasteiger partial charge in [0.1, 0.15) is 0 Å². The average Bonchev–Trinajstić information content (AvgIpc) is 2.18. The number of benzene rings is 1. The first-order chi connectivity index (χ1) is 7.16. The second kappa shape index (κ2) is 4.21. The number of rotatable bonds is 1. The van der Waals surface area contributed by atoms with Crippen LogP contribution in [0.3, 0.4) is 0 Å². The molecule has 1 aromatic heterocycles. The predicted octanol–water partition coefficient (Wildman–Crippen LogP) is 3.53. The summed E-state index contributed by atoms with van der Waals surface area (Å²) in [7, 11) is 0. The maximum absolute atomic E-state index is 10.9. The van der Waals surface area contributed by atoms with Gasteiger partial charge < -0.3 is 0 Å². The van der Waals surface area contributed by atoms with E-state index in [2.05, 4.69) is 4.98 Å². The lowest BCUT2D eigenvalue weighted by molar-refractivity contribution is -0.109. The molecule has 76 valence electrons. The van der Waals surface area contributed by atoms with Crippen molar-refractivity contribution in [3.05, 3.63) is 35.5 Å². The maximum atomic E-state index is 10.9. The zero-order valence-corrected chi connectivity index (χ0v) is 9.60. The van der Waals surface area contributed by atoms with E-state index >= 15 is 0 Å². The summed E-state index contributed by atoms with van der Waals surface area (Å²) in [6.07, 6.45) is 1.67. The summed E-state index contributed by atoms with van der Waals surface area (Å²) in [4.78, 5) is 16.0. The van der Waals surface area contributed by atoms with Crippen LogP contribution >= 0.6 is 23.4 Å². The number of carbonyl (C=O) groups excluding carboxylic acids is 1. The molecule has 2 aromatic rings. The number of thioether (sulfide) groups is 1. The number of hydrogen-bond donors (Lipinski definition) is 0. The summed E-state index contributed by atoms with van der Waals surface area (Å²) in [5.74, 6) is 0. The molecule has 0 atom stereocenters. The second-order valence-electron chi connectivity index (χ2n) is 3.07. The molecular weight excluding hydrogens is 230 g/mol. The number of carbonyl (C=O) groups is 1. The molecule has 0 saturated heterocycles. The van der Waals surface area contributed by atoms with E-state index in [0.29, 0.717) is 5.02 Å². The van der Waals surface area contributed by atoms with E-state index in [1.54, 1.807) is 19.2 Å². The molecule has 15 heavy (non-hydrogen) atoms. The molecule has 0 radical (unpaired) electrons. The number of pyridine rings is 1. The minimum absolute atomic E-state index is 0.0642. The Kier molecular flexibility index (Phi) is 2.93. The Morgan fingerprint density at radius 2 is 2.20 bits per heavy atom. The lowest BCUT2D eigenvalue weighted by atomic mass is 10.2. The smallest absolute Gasteiger partial charge is 0.190 e. The van der Waals surface area contributed by atoms with Crippen LogP contribution in [-0.4, -0.2) is 10.1 Å². The lowest BCUT2D eigenvalue weighted by Gasteiger charge is -2.02. The Balaban J connectivity index is 2.54. The largest absolute Gasteiger partial charge is 0.287 e. The zero-order chi connectivity index (χ0) is 10.8. The van der Waals surface area contributed by atoms with Crippen LogP contribution in [0.5, 0.6) is 0 Å². The minimum atomic E-state index is 0.0642. The van der Waals surface area contributed by atoms with Crippen molar-refractivity contribution in [2.45, 2.75) is 11.8 Å². The molecule has 2 rings (SSSR count). The third-order valence-electron chi connectivity index (χ3n) is 1.92. The molecule has 4 heteroatoms. The van der Waals surface area contributed by atoms with Gasteiger partial charge in [-0.3, -0.25) is 9.78 Å². The van der Waals surface area contributed by atoms with Crippen LogP contribution in [0, 0.1) is 0 Å². The number of aromatic nitrogens is 1. The van der Waals surface area contributed by atoms with Crippen molar-refractivity contribution in [2.75, 3.05) is 0 Å². The van der Waals surface area contributed by atoms with Crippen molar-refractivity contribution < 1.29 is 4.79 Å². The zero-order valence-electron chi connectivity index (χ0n) is 8.03. The fourth-order valence-corrected chi connectivity index (χ4v) is 2.17. The van der Waals surface area contributed by atoms with Gasteiger partial charge >= 0.3 is 0 Å². The lowest BCUT2D eigenvalue weighted by Crippen LogP contribution is -1.83. The first-order valence-electron chi connectivity index (χ1n) is 4.39. The van der Waals surface area contributed by atoms with E-state index in [-0.39, 0.29) is 5.12 Å². The van der Waals surface area contributed by atoms with Gasteiger partial charge in [0.2, 0.25) is 0 Å². The number of nitrogens with zero attached hydrogens (tertiary/aromatic N) is 1. The van der Waals surface area contributed by atoms with E-state index in [0.717, 1.165) is 15.8 Å². The van der Waals surface area contributed by atoms with Crippen molar-refractivity contribution >= 4 is 39.4 Å². The highest BCUT2D eigenvalue weighted by molar-refractivity contribution is 8.13. The van der Waals surface area contributed by atoms with Gasteiger partial charge in [0.15, 0.2) is 5.12 Å². The first kappa shape index (κ1) is 10.5. The number of halogens is 1. The summed E-state index contributed by atoms with van der Waals surface area (Å²) in [6, 6.07) is 7.37. The van der Waals surface area contributed by atoms with Crippen LogP contribution < -0.4 is 0 Å². The molecule has 0 aliphatic rings. The van der Waals surface area contributed by atoms with Crippen LogP contribution in [0.25, 0.3) is 10.9 Å². The van der Waals surface area contributed by atoms with Crippen molar-refractivity contribution in [3.63, 3.8) is 0 Å². The third kappa shape index (κ3) is 2.30. The van der Waals surface area contributed by atoms with E-state index in [4.69, 9.17) is 11.6 Å². The first-order valence-corrected chi connectivity index (χ1v) is 5.59. The van der Waals surface area contributed by atoms with Crippen LogP contribution in [0.4, 0.5) is 0 Å². The Bertz CT molecular complexity index is 527. The Morgan fingerprint density at radius 1 is 1.40 bits per heavy atom. The average molecular weight is 238 g/mol. The minimum Gasteiger partial charge on any atom is -0.287 e. The summed E-state index contributed by atoms with van der Waals surface area (Å²) in [5.41, 5.74) is 0.843. The van der Waals surface area contributed by atoms with Crippen molar-refractivity contribution in [2.24, 2.45) is 0 Å². The van der Waals surface area contributed by atoms with Gasteiger partial charge in [0, 0.05) is 23.4 Å². The number of hydrogen-bond acceptors (Lipinski definition) is 3. The molecule has 0 N–H and O–H groups in total. The third-order valence-corrected chi connectivity index (χ3v) is 3.03. The fraction of sp³-hybridized carbons (Fsp3) is 0.0909. The summed E-state index contributed by atoms with van der Waals surface area (Å²) < 4.78 is 0. The highest BCUT2D eigenvalue weighted by Crippen LogP contribution is 2.27. The molecule has 0 bridgehead atoms. The molecule has 0 amide bonds. The molecule has 2 nitrogen and oxygen atoms in total. The van der Waals surface area contributed by atoms with Gasteiger partial charge in [-0.2, -0.15) is 0 Å². The van der Waals surface area contributed by atoms with Gasteiger partial charge in [-0.15, -0.1) is 0 Å². The highest BCUT2D eigenvalue weighted by atomic mass is 35.5. The Morgan fingerprint density at radius 3 is 2.93 bits per heavy atom. The number of fused-ring (bicyclic) bond motifs is 1.